The summed E-state index contributed by atoms with van der Waals surface area (Å²) in [5, 5.41) is 10.1. The number of rotatable bonds is 12. The largest absolute Gasteiger partial charge is 0.453 e. The Hall–Kier alpha value is -4.98. The van der Waals surface area contributed by atoms with Crippen molar-refractivity contribution in [3.05, 3.63) is 132 Å². The molecule has 1 saturated heterocycles. The number of amides is 2. The van der Waals surface area contributed by atoms with Gasteiger partial charge in [-0.2, -0.15) is 13.2 Å². The lowest BCUT2D eigenvalue weighted by molar-refractivity contribution is -0.145. The lowest BCUT2D eigenvalue weighted by Gasteiger charge is -2.36. The molecular formula is C40H40F3N5O4S. The van der Waals surface area contributed by atoms with Gasteiger partial charge in [0.1, 0.15) is 11.1 Å². The number of nitrogens with one attached hydrogen (secondary N) is 3. The molecule has 0 spiro atoms. The van der Waals surface area contributed by atoms with E-state index in [0.717, 1.165) is 16.7 Å². The summed E-state index contributed by atoms with van der Waals surface area (Å²) in [6.45, 7) is 2.58. The van der Waals surface area contributed by atoms with Gasteiger partial charge in [0.25, 0.3) is 0 Å². The van der Waals surface area contributed by atoms with Crippen molar-refractivity contribution in [3.63, 3.8) is 0 Å². The minimum absolute atomic E-state index is 0.0399. The van der Waals surface area contributed by atoms with E-state index in [4.69, 9.17) is 9.47 Å². The highest BCUT2D eigenvalue weighted by Crippen LogP contribution is 2.34. The molecular weight excluding hydrogens is 704 g/mol. The lowest BCUT2D eigenvalue weighted by Crippen LogP contribution is -2.52. The number of carbonyl (C=O) groups excluding carboxylic acids is 2. The number of hydrogen-bond acceptors (Lipinski definition) is 8. The third-order valence-corrected chi connectivity index (χ3v) is 10.3. The molecule has 9 nitrogen and oxygen atoms in total. The molecule has 13 heteroatoms. The maximum absolute atomic E-state index is 14.1. The first-order chi connectivity index (χ1) is 25.6. The molecule has 0 unspecified atom stereocenters. The molecule has 1 aromatic heterocycles. The Bertz CT molecular complexity index is 1960. The standard InChI is InChI=1S/C40H40F3N5O4S/c1-25-33(24-53-37-30-18-10-12-20-32(30)46-38(48-37)40(41,42)43)52-29(23-44-25)22-21-26-13-9-11-19-31(26)45-36(49)35(47-39(50)51-2)34(27-14-5-3-6-15-27)28-16-7-4-8-17-28/h3-20,25,29,33-35,44H,21-24H2,1-2H3,(H,45,49)(H,47,50)/t25-,29-,33-,35+/m1/s1. The van der Waals surface area contributed by atoms with Crippen molar-refractivity contribution in [3.8, 4) is 0 Å². The number of thioether (sulfide) groups is 1. The van der Waals surface area contributed by atoms with Crippen LogP contribution in [0.4, 0.5) is 23.7 Å². The Morgan fingerprint density at radius 2 is 1.57 bits per heavy atom. The fourth-order valence-electron chi connectivity index (χ4n) is 6.43. The zero-order chi connectivity index (χ0) is 37.4. The van der Waals surface area contributed by atoms with Gasteiger partial charge in [-0.25, -0.2) is 14.8 Å². The third-order valence-electron chi connectivity index (χ3n) is 9.20. The van der Waals surface area contributed by atoms with Crippen molar-refractivity contribution in [1.29, 1.82) is 0 Å². The van der Waals surface area contributed by atoms with E-state index in [1.165, 1.54) is 18.9 Å². The predicted octanol–water partition coefficient (Wildman–Crippen LogP) is 7.61. The van der Waals surface area contributed by atoms with Gasteiger partial charge >= 0.3 is 12.3 Å². The zero-order valence-electron chi connectivity index (χ0n) is 29.2. The van der Waals surface area contributed by atoms with E-state index in [1.807, 2.05) is 91.9 Å². The van der Waals surface area contributed by atoms with E-state index < -0.39 is 36.0 Å². The fraction of sp³-hybridized carbons (Fsp3) is 0.300. The highest BCUT2D eigenvalue weighted by Gasteiger charge is 2.36. The molecule has 2 amide bonds. The van der Waals surface area contributed by atoms with E-state index >= 15 is 0 Å². The number of aromatic nitrogens is 2. The van der Waals surface area contributed by atoms with Crippen LogP contribution < -0.4 is 16.0 Å². The number of anilines is 1. The minimum Gasteiger partial charge on any atom is -0.453 e. The van der Waals surface area contributed by atoms with Crippen LogP contribution in [0.25, 0.3) is 10.9 Å². The smallest absolute Gasteiger partial charge is 0.451 e. The molecule has 5 aromatic rings. The van der Waals surface area contributed by atoms with Gasteiger partial charge in [-0.05, 0) is 48.6 Å². The molecule has 53 heavy (non-hydrogen) atoms. The van der Waals surface area contributed by atoms with Crippen LogP contribution in [0.5, 0.6) is 0 Å². The van der Waals surface area contributed by atoms with Gasteiger partial charge in [-0.1, -0.05) is 97.1 Å². The van der Waals surface area contributed by atoms with E-state index in [0.29, 0.717) is 36.2 Å². The van der Waals surface area contributed by atoms with Crippen molar-refractivity contribution in [1.82, 2.24) is 20.6 Å². The van der Waals surface area contributed by atoms with Crippen molar-refractivity contribution in [2.75, 3.05) is 24.7 Å². The molecule has 1 aliphatic heterocycles. The number of alkyl halides is 3. The monoisotopic (exact) mass is 743 g/mol. The summed E-state index contributed by atoms with van der Waals surface area (Å²) in [4.78, 5) is 34.3. The average molecular weight is 744 g/mol. The second kappa shape index (κ2) is 17.2. The Labute approximate surface area is 310 Å². The van der Waals surface area contributed by atoms with Gasteiger partial charge < -0.3 is 25.4 Å². The Kier molecular flexibility index (Phi) is 12.3. The number of alkyl carbamates (subject to hydrolysis) is 1. The molecule has 276 valence electrons. The molecule has 0 aliphatic carbocycles. The first-order valence-corrected chi connectivity index (χ1v) is 18.3. The summed E-state index contributed by atoms with van der Waals surface area (Å²) in [5.41, 5.74) is 3.42. The molecule has 3 N–H and O–H groups in total. The van der Waals surface area contributed by atoms with Crippen LogP contribution in [-0.4, -0.2) is 65.7 Å². The molecule has 4 aromatic carbocycles. The first-order valence-electron chi connectivity index (χ1n) is 17.3. The number of morpholine rings is 1. The number of benzene rings is 4. The van der Waals surface area contributed by atoms with Crippen LogP contribution in [0.15, 0.2) is 114 Å². The van der Waals surface area contributed by atoms with Crippen molar-refractivity contribution in [2.45, 2.75) is 61.2 Å². The van der Waals surface area contributed by atoms with Crippen molar-refractivity contribution < 1.29 is 32.2 Å². The lowest BCUT2D eigenvalue weighted by atomic mass is 9.84. The number of nitrogens with zero attached hydrogens (tertiary/aromatic N) is 2. The van der Waals surface area contributed by atoms with Gasteiger partial charge in [0.05, 0.1) is 24.8 Å². The molecule has 6 rings (SSSR count). The van der Waals surface area contributed by atoms with Gasteiger partial charge in [-0.15, -0.1) is 11.8 Å². The molecule has 0 saturated carbocycles. The van der Waals surface area contributed by atoms with Gasteiger partial charge in [-0.3, -0.25) is 4.79 Å². The number of halogens is 3. The maximum atomic E-state index is 14.1. The highest BCUT2D eigenvalue weighted by atomic mass is 32.2. The van der Waals surface area contributed by atoms with Gasteiger partial charge in [0.15, 0.2) is 0 Å². The third kappa shape index (κ3) is 9.53. The van der Waals surface area contributed by atoms with E-state index in [1.54, 1.807) is 24.3 Å². The maximum Gasteiger partial charge on any atom is 0.451 e. The predicted molar refractivity (Wildman–Crippen MR) is 199 cm³/mol. The molecule has 0 bridgehead atoms. The van der Waals surface area contributed by atoms with Crippen LogP contribution in [0, 0.1) is 0 Å². The van der Waals surface area contributed by atoms with Crippen LogP contribution >= 0.6 is 11.8 Å². The SMILES string of the molecule is COC(=O)N[C@H](C(=O)Nc1ccccc1CC[C@@H]1CN[C@H](C)[C@@H](CSc2nc(C(F)(F)F)nc3ccccc23)O1)C(c1ccccc1)c1ccccc1. The van der Waals surface area contributed by atoms with E-state index in [2.05, 4.69) is 25.9 Å². The molecule has 2 heterocycles. The molecule has 1 aliphatic rings. The Morgan fingerprint density at radius 3 is 2.25 bits per heavy atom. The van der Waals surface area contributed by atoms with Crippen LogP contribution in [0.2, 0.25) is 0 Å². The fourth-order valence-corrected chi connectivity index (χ4v) is 7.60. The van der Waals surface area contributed by atoms with Crippen LogP contribution in [0.3, 0.4) is 0 Å². The molecule has 4 atom stereocenters. The summed E-state index contributed by atoms with van der Waals surface area (Å²) in [6.07, 6.45) is -4.70. The number of methoxy groups -OCH3 is 1. The topological polar surface area (TPSA) is 114 Å². The van der Waals surface area contributed by atoms with Crippen LogP contribution in [-0.2, 0) is 26.9 Å². The highest BCUT2D eigenvalue weighted by molar-refractivity contribution is 7.99. The number of fused-ring (bicyclic) bond motifs is 1. The first kappa shape index (κ1) is 37.8. The second-order valence-electron chi connectivity index (χ2n) is 12.8. The summed E-state index contributed by atoms with van der Waals surface area (Å²) in [5.74, 6) is -1.70. The Balaban J connectivity index is 1.15. The quantitative estimate of drug-likeness (QED) is 0.0884. The van der Waals surface area contributed by atoms with Gasteiger partial charge in [0, 0.05) is 35.3 Å². The van der Waals surface area contributed by atoms with Crippen molar-refractivity contribution >= 4 is 40.4 Å². The summed E-state index contributed by atoms with van der Waals surface area (Å²) in [7, 11) is 1.26. The van der Waals surface area contributed by atoms with Crippen molar-refractivity contribution in [2.24, 2.45) is 0 Å². The number of aryl methyl sites for hydroxylation is 1. The summed E-state index contributed by atoms with van der Waals surface area (Å²) in [6, 6.07) is 32.2. The normalized spacial score (nSPS) is 18.0. The number of para-hydroxylation sites is 2. The number of ether oxygens (including phenoxy) is 2. The van der Waals surface area contributed by atoms with Crippen LogP contribution in [0.1, 0.15) is 41.8 Å². The number of hydrogen-bond donors (Lipinski definition) is 3. The van der Waals surface area contributed by atoms with E-state index in [9.17, 15) is 22.8 Å². The number of carbonyl (C=O) groups is 2. The zero-order valence-corrected chi connectivity index (χ0v) is 30.0. The average Bonchev–Trinajstić information content (AvgIpc) is 3.17. The summed E-state index contributed by atoms with van der Waals surface area (Å²) >= 11 is 1.22. The molecule has 1 fully saturated rings. The minimum atomic E-state index is -4.67. The summed E-state index contributed by atoms with van der Waals surface area (Å²) < 4.78 is 52.2. The van der Waals surface area contributed by atoms with E-state index in [-0.39, 0.29) is 28.8 Å². The van der Waals surface area contributed by atoms with Gasteiger partial charge in [0.2, 0.25) is 11.7 Å². The second-order valence-corrected chi connectivity index (χ2v) is 13.8. The Morgan fingerprint density at radius 1 is 0.925 bits per heavy atom. The molecule has 0 radical (unpaired) electrons.